The minimum atomic E-state index is -0.782. The minimum Gasteiger partial charge on any atom is -0.385 e. The Morgan fingerprint density at radius 2 is 2.00 bits per heavy atom. The highest BCUT2D eigenvalue weighted by Crippen LogP contribution is 2.23. The smallest absolute Gasteiger partial charge is 0.115 e. The van der Waals surface area contributed by atoms with Crippen LogP contribution in [0.4, 0.5) is 0 Å². The van der Waals surface area contributed by atoms with Gasteiger partial charge in [-0.3, -0.25) is 0 Å². The Bertz CT molecular complexity index is 234. The van der Waals surface area contributed by atoms with Gasteiger partial charge in [0.25, 0.3) is 0 Å². The van der Waals surface area contributed by atoms with Gasteiger partial charge in [0, 0.05) is 18.0 Å². The van der Waals surface area contributed by atoms with Crippen molar-refractivity contribution < 1.29 is 5.11 Å². The molecular weight excluding hydrogens is 152 g/mol. The first-order valence-electron chi connectivity index (χ1n) is 4.14. The van der Waals surface area contributed by atoms with Crippen molar-refractivity contribution in [1.82, 2.24) is 9.97 Å². The normalized spacial score (nSPS) is 15.6. The fourth-order valence-electron chi connectivity index (χ4n) is 1.21. The summed E-state index contributed by atoms with van der Waals surface area (Å²) in [5.74, 6) is 0. The Hall–Kier alpha value is -0.960. The lowest BCUT2D eigenvalue weighted by Crippen LogP contribution is -2.20. The van der Waals surface area contributed by atoms with E-state index in [-0.39, 0.29) is 0 Å². The monoisotopic (exact) mass is 166 g/mol. The van der Waals surface area contributed by atoms with Crippen molar-refractivity contribution in [2.45, 2.75) is 32.3 Å². The molecule has 0 fully saturated rings. The van der Waals surface area contributed by atoms with Crippen LogP contribution in [0.3, 0.4) is 0 Å². The van der Waals surface area contributed by atoms with Crippen molar-refractivity contribution in [2.75, 3.05) is 0 Å². The lowest BCUT2D eigenvalue weighted by Gasteiger charge is -2.21. The maximum absolute atomic E-state index is 9.91. The minimum absolute atomic E-state index is 0.736. The maximum Gasteiger partial charge on any atom is 0.115 e. The van der Waals surface area contributed by atoms with Gasteiger partial charge in [-0.15, -0.1) is 0 Å². The Morgan fingerprint density at radius 3 is 2.50 bits per heavy atom. The zero-order valence-corrected chi connectivity index (χ0v) is 7.49. The van der Waals surface area contributed by atoms with Gasteiger partial charge in [0.2, 0.25) is 0 Å². The van der Waals surface area contributed by atoms with Crippen LogP contribution in [-0.4, -0.2) is 15.1 Å². The first kappa shape index (κ1) is 9.13. The summed E-state index contributed by atoms with van der Waals surface area (Å²) in [6.07, 6.45) is 6.46. The van der Waals surface area contributed by atoms with Gasteiger partial charge in [-0.05, 0) is 13.3 Å². The molecule has 0 saturated heterocycles. The molecule has 12 heavy (non-hydrogen) atoms. The third-order valence-corrected chi connectivity index (χ3v) is 1.92. The van der Waals surface area contributed by atoms with E-state index in [0.29, 0.717) is 0 Å². The summed E-state index contributed by atoms with van der Waals surface area (Å²) in [5.41, 5.74) is 0.00238. The molecule has 1 N–H and O–H groups in total. The second-order valence-electron chi connectivity index (χ2n) is 3.15. The summed E-state index contributed by atoms with van der Waals surface area (Å²) in [6, 6.07) is 0. The van der Waals surface area contributed by atoms with Crippen LogP contribution in [0, 0.1) is 0 Å². The summed E-state index contributed by atoms with van der Waals surface area (Å²) < 4.78 is 0. The first-order valence-corrected chi connectivity index (χ1v) is 4.14. The van der Waals surface area contributed by atoms with Crippen LogP contribution < -0.4 is 0 Å². The van der Waals surface area contributed by atoms with E-state index in [1.54, 1.807) is 19.3 Å². The SMILES string of the molecule is CCCC(C)(O)c1cncnc1. The van der Waals surface area contributed by atoms with Crippen LogP contribution in [-0.2, 0) is 5.60 Å². The van der Waals surface area contributed by atoms with Crippen LogP contribution in [0.2, 0.25) is 0 Å². The van der Waals surface area contributed by atoms with Gasteiger partial charge in [0.05, 0.1) is 5.60 Å². The Kier molecular flexibility index (Phi) is 2.76. The summed E-state index contributed by atoms with van der Waals surface area (Å²) in [6.45, 7) is 3.83. The topological polar surface area (TPSA) is 46.0 Å². The van der Waals surface area contributed by atoms with Gasteiger partial charge in [-0.1, -0.05) is 13.3 Å². The average molecular weight is 166 g/mol. The summed E-state index contributed by atoms with van der Waals surface area (Å²) >= 11 is 0. The molecule has 1 aromatic rings. The van der Waals surface area contributed by atoms with Crippen molar-refractivity contribution in [3.63, 3.8) is 0 Å². The summed E-state index contributed by atoms with van der Waals surface area (Å²) in [4.78, 5) is 7.72. The predicted octanol–water partition coefficient (Wildman–Crippen LogP) is 1.48. The largest absolute Gasteiger partial charge is 0.385 e. The van der Waals surface area contributed by atoms with Crippen molar-refractivity contribution in [3.8, 4) is 0 Å². The van der Waals surface area contributed by atoms with E-state index in [2.05, 4.69) is 9.97 Å². The van der Waals surface area contributed by atoms with E-state index < -0.39 is 5.60 Å². The standard InChI is InChI=1S/C9H14N2O/c1-3-4-9(2,12)8-5-10-7-11-6-8/h5-7,12H,3-4H2,1-2H3. The molecule has 0 aliphatic heterocycles. The van der Waals surface area contributed by atoms with Gasteiger partial charge in [-0.2, -0.15) is 0 Å². The third kappa shape index (κ3) is 2.01. The molecule has 1 heterocycles. The molecule has 3 nitrogen and oxygen atoms in total. The molecule has 0 saturated carbocycles. The average Bonchev–Trinajstić information content (AvgIpc) is 2.06. The highest BCUT2D eigenvalue weighted by Gasteiger charge is 2.21. The van der Waals surface area contributed by atoms with E-state index in [9.17, 15) is 5.11 Å². The summed E-state index contributed by atoms with van der Waals surface area (Å²) in [5, 5.41) is 9.91. The molecule has 0 bridgehead atoms. The van der Waals surface area contributed by atoms with Crippen molar-refractivity contribution in [3.05, 3.63) is 24.3 Å². The van der Waals surface area contributed by atoms with Gasteiger partial charge in [-0.25, -0.2) is 9.97 Å². The Balaban J connectivity index is 2.82. The molecule has 0 amide bonds. The van der Waals surface area contributed by atoms with Gasteiger partial charge < -0.3 is 5.11 Å². The molecule has 1 aromatic heterocycles. The molecule has 1 atom stereocenters. The van der Waals surface area contributed by atoms with E-state index in [1.807, 2.05) is 6.92 Å². The second-order valence-corrected chi connectivity index (χ2v) is 3.15. The van der Waals surface area contributed by atoms with Crippen molar-refractivity contribution in [2.24, 2.45) is 0 Å². The molecule has 1 unspecified atom stereocenters. The van der Waals surface area contributed by atoms with Crippen molar-refractivity contribution in [1.29, 1.82) is 0 Å². The molecule has 3 heteroatoms. The number of hydrogen-bond acceptors (Lipinski definition) is 3. The zero-order valence-electron chi connectivity index (χ0n) is 7.49. The molecule has 66 valence electrons. The lowest BCUT2D eigenvalue weighted by molar-refractivity contribution is 0.0462. The fraction of sp³-hybridized carbons (Fsp3) is 0.556. The Labute approximate surface area is 72.5 Å². The van der Waals surface area contributed by atoms with Gasteiger partial charge in [0.15, 0.2) is 0 Å². The lowest BCUT2D eigenvalue weighted by atomic mass is 9.94. The number of aromatic nitrogens is 2. The van der Waals surface area contributed by atoms with Crippen LogP contribution in [0.25, 0.3) is 0 Å². The number of nitrogens with zero attached hydrogens (tertiary/aromatic N) is 2. The number of rotatable bonds is 3. The molecule has 0 aliphatic rings. The summed E-state index contributed by atoms with van der Waals surface area (Å²) in [7, 11) is 0. The van der Waals surface area contributed by atoms with E-state index in [1.165, 1.54) is 6.33 Å². The van der Waals surface area contributed by atoms with E-state index in [0.717, 1.165) is 18.4 Å². The molecule has 0 radical (unpaired) electrons. The van der Waals surface area contributed by atoms with Crippen LogP contribution >= 0.6 is 0 Å². The van der Waals surface area contributed by atoms with E-state index >= 15 is 0 Å². The Morgan fingerprint density at radius 1 is 1.42 bits per heavy atom. The van der Waals surface area contributed by atoms with Crippen molar-refractivity contribution >= 4 is 0 Å². The number of hydrogen-bond donors (Lipinski definition) is 1. The fourth-order valence-corrected chi connectivity index (χ4v) is 1.21. The first-order chi connectivity index (χ1) is 5.67. The predicted molar refractivity (Wildman–Crippen MR) is 46.5 cm³/mol. The molecular formula is C9H14N2O. The van der Waals surface area contributed by atoms with Crippen LogP contribution in [0.5, 0.6) is 0 Å². The van der Waals surface area contributed by atoms with Crippen LogP contribution in [0.15, 0.2) is 18.7 Å². The molecule has 0 spiro atoms. The number of aliphatic hydroxyl groups is 1. The third-order valence-electron chi connectivity index (χ3n) is 1.92. The van der Waals surface area contributed by atoms with Crippen LogP contribution in [0.1, 0.15) is 32.3 Å². The quantitative estimate of drug-likeness (QED) is 0.739. The maximum atomic E-state index is 9.91. The van der Waals surface area contributed by atoms with Gasteiger partial charge in [0.1, 0.15) is 6.33 Å². The molecule has 1 rings (SSSR count). The highest BCUT2D eigenvalue weighted by molar-refractivity contribution is 5.12. The molecule has 0 aliphatic carbocycles. The van der Waals surface area contributed by atoms with Gasteiger partial charge >= 0.3 is 0 Å². The zero-order chi connectivity index (χ0) is 9.03. The molecule has 0 aromatic carbocycles. The highest BCUT2D eigenvalue weighted by atomic mass is 16.3. The van der Waals surface area contributed by atoms with E-state index in [4.69, 9.17) is 0 Å². The second kappa shape index (κ2) is 3.63.